The SMILES string of the molecule is CC(O)CN(C)CC1CC1C. The van der Waals surface area contributed by atoms with Gasteiger partial charge in [0.05, 0.1) is 6.10 Å². The Hall–Kier alpha value is -0.0800. The molecule has 1 aliphatic carbocycles. The van der Waals surface area contributed by atoms with Crippen LogP contribution in [0.25, 0.3) is 0 Å². The van der Waals surface area contributed by atoms with Gasteiger partial charge < -0.3 is 10.0 Å². The van der Waals surface area contributed by atoms with Crippen LogP contribution in [0.1, 0.15) is 20.3 Å². The van der Waals surface area contributed by atoms with Gasteiger partial charge in [0.2, 0.25) is 0 Å². The average Bonchev–Trinajstić information content (AvgIpc) is 2.43. The van der Waals surface area contributed by atoms with Crippen molar-refractivity contribution in [2.75, 3.05) is 20.1 Å². The van der Waals surface area contributed by atoms with Gasteiger partial charge in [0.15, 0.2) is 0 Å². The Morgan fingerprint density at radius 2 is 2.18 bits per heavy atom. The molecule has 0 aromatic heterocycles. The third kappa shape index (κ3) is 3.21. The van der Waals surface area contributed by atoms with Crippen LogP contribution in [-0.4, -0.2) is 36.2 Å². The van der Waals surface area contributed by atoms with Gasteiger partial charge in [-0.15, -0.1) is 0 Å². The van der Waals surface area contributed by atoms with Crippen LogP contribution < -0.4 is 0 Å². The number of hydrogen-bond donors (Lipinski definition) is 1. The molecule has 3 atom stereocenters. The first-order valence-corrected chi connectivity index (χ1v) is 4.46. The zero-order valence-corrected chi connectivity index (χ0v) is 7.75. The van der Waals surface area contributed by atoms with Crippen LogP contribution >= 0.6 is 0 Å². The summed E-state index contributed by atoms with van der Waals surface area (Å²) < 4.78 is 0. The summed E-state index contributed by atoms with van der Waals surface area (Å²) in [7, 11) is 2.08. The van der Waals surface area contributed by atoms with Crippen molar-refractivity contribution in [2.45, 2.75) is 26.4 Å². The van der Waals surface area contributed by atoms with E-state index >= 15 is 0 Å². The fraction of sp³-hybridized carbons (Fsp3) is 1.00. The van der Waals surface area contributed by atoms with Crippen molar-refractivity contribution in [3.63, 3.8) is 0 Å². The summed E-state index contributed by atoms with van der Waals surface area (Å²) in [4.78, 5) is 2.22. The number of likely N-dealkylation sites (N-methyl/N-ethyl adjacent to an activating group) is 1. The van der Waals surface area contributed by atoms with Gasteiger partial charge in [0.1, 0.15) is 0 Å². The maximum atomic E-state index is 9.08. The highest BCUT2D eigenvalue weighted by Gasteiger charge is 2.32. The Morgan fingerprint density at radius 3 is 2.55 bits per heavy atom. The molecular weight excluding hydrogens is 138 g/mol. The quantitative estimate of drug-likeness (QED) is 0.657. The summed E-state index contributed by atoms with van der Waals surface area (Å²) in [6.07, 6.45) is 1.19. The molecule has 0 amide bonds. The molecule has 3 unspecified atom stereocenters. The van der Waals surface area contributed by atoms with Gasteiger partial charge in [0, 0.05) is 13.1 Å². The molecule has 0 bridgehead atoms. The van der Waals surface area contributed by atoms with E-state index in [0.29, 0.717) is 0 Å². The van der Waals surface area contributed by atoms with Crippen molar-refractivity contribution in [2.24, 2.45) is 11.8 Å². The molecule has 0 aromatic carbocycles. The van der Waals surface area contributed by atoms with Gasteiger partial charge in [-0.05, 0) is 32.2 Å². The van der Waals surface area contributed by atoms with Gasteiger partial charge in [0.25, 0.3) is 0 Å². The summed E-state index contributed by atoms with van der Waals surface area (Å²) in [5.41, 5.74) is 0. The molecule has 11 heavy (non-hydrogen) atoms. The van der Waals surface area contributed by atoms with Crippen LogP contribution in [-0.2, 0) is 0 Å². The second kappa shape index (κ2) is 3.55. The van der Waals surface area contributed by atoms with E-state index in [9.17, 15) is 0 Å². The summed E-state index contributed by atoms with van der Waals surface area (Å²) in [6.45, 7) is 6.10. The Labute approximate surface area is 69.2 Å². The van der Waals surface area contributed by atoms with Crippen LogP contribution in [0, 0.1) is 11.8 Å². The molecule has 1 aliphatic rings. The molecule has 1 saturated carbocycles. The van der Waals surface area contributed by atoms with Crippen molar-refractivity contribution in [3.8, 4) is 0 Å². The smallest absolute Gasteiger partial charge is 0.0638 e. The number of aliphatic hydroxyl groups is 1. The Balaban J connectivity index is 2.06. The molecule has 2 nitrogen and oxygen atoms in total. The van der Waals surface area contributed by atoms with E-state index in [1.54, 1.807) is 0 Å². The first-order valence-electron chi connectivity index (χ1n) is 4.46. The fourth-order valence-corrected chi connectivity index (χ4v) is 1.58. The number of nitrogens with zero attached hydrogens (tertiary/aromatic N) is 1. The standard InChI is InChI=1S/C9H19NO/c1-7-4-9(7)6-10(3)5-8(2)11/h7-9,11H,4-6H2,1-3H3. The summed E-state index contributed by atoms with van der Waals surface area (Å²) in [5, 5.41) is 9.08. The maximum absolute atomic E-state index is 9.08. The molecule has 66 valence electrons. The molecule has 1 fully saturated rings. The Bertz CT molecular complexity index is 125. The Morgan fingerprint density at radius 1 is 1.64 bits per heavy atom. The lowest BCUT2D eigenvalue weighted by Crippen LogP contribution is -2.29. The maximum Gasteiger partial charge on any atom is 0.0638 e. The van der Waals surface area contributed by atoms with Crippen molar-refractivity contribution in [1.29, 1.82) is 0 Å². The molecule has 0 saturated heterocycles. The monoisotopic (exact) mass is 157 g/mol. The number of rotatable bonds is 4. The van der Waals surface area contributed by atoms with Gasteiger partial charge in [-0.2, -0.15) is 0 Å². The highest BCUT2D eigenvalue weighted by atomic mass is 16.3. The molecule has 0 aromatic rings. The topological polar surface area (TPSA) is 23.5 Å². The van der Waals surface area contributed by atoms with Crippen LogP contribution in [0.15, 0.2) is 0 Å². The zero-order valence-electron chi connectivity index (χ0n) is 7.75. The van der Waals surface area contributed by atoms with Crippen LogP contribution in [0.5, 0.6) is 0 Å². The van der Waals surface area contributed by atoms with Crippen LogP contribution in [0.2, 0.25) is 0 Å². The Kier molecular flexibility index (Phi) is 2.90. The lowest BCUT2D eigenvalue weighted by Gasteiger charge is -2.17. The third-order valence-electron chi connectivity index (χ3n) is 2.40. The third-order valence-corrected chi connectivity index (χ3v) is 2.40. The predicted octanol–water partition coefficient (Wildman–Crippen LogP) is 0.955. The van der Waals surface area contributed by atoms with Crippen molar-refractivity contribution >= 4 is 0 Å². The molecule has 0 heterocycles. The van der Waals surface area contributed by atoms with E-state index in [2.05, 4.69) is 18.9 Å². The summed E-state index contributed by atoms with van der Waals surface area (Å²) in [5.74, 6) is 1.82. The van der Waals surface area contributed by atoms with E-state index in [4.69, 9.17) is 5.11 Å². The zero-order chi connectivity index (χ0) is 8.43. The molecular formula is C9H19NO. The molecule has 1 rings (SSSR count). The van der Waals surface area contributed by atoms with Gasteiger partial charge in [-0.1, -0.05) is 6.92 Å². The lowest BCUT2D eigenvalue weighted by molar-refractivity contribution is 0.138. The molecule has 0 aliphatic heterocycles. The first kappa shape index (κ1) is 9.01. The predicted molar refractivity (Wildman–Crippen MR) is 46.4 cm³/mol. The molecule has 1 N–H and O–H groups in total. The first-order chi connectivity index (χ1) is 5.09. The number of hydrogen-bond acceptors (Lipinski definition) is 2. The van der Waals surface area contributed by atoms with Gasteiger partial charge in [-0.25, -0.2) is 0 Å². The van der Waals surface area contributed by atoms with Crippen molar-refractivity contribution < 1.29 is 5.11 Å². The highest BCUT2D eigenvalue weighted by Crippen LogP contribution is 2.37. The number of aliphatic hydroxyl groups excluding tert-OH is 1. The molecule has 0 spiro atoms. The van der Waals surface area contributed by atoms with Gasteiger partial charge in [-0.3, -0.25) is 0 Å². The van der Waals surface area contributed by atoms with E-state index < -0.39 is 0 Å². The minimum atomic E-state index is -0.186. The minimum absolute atomic E-state index is 0.186. The molecule has 0 radical (unpaired) electrons. The van der Waals surface area contributed by atoms with E-state index in [1.807, 2.05) is 6.92 Å². The largest absolute Gasteiger partial charge is 0.392 e. The second-order valence-electron chi connectivity index (χ2n) is 4.04. The average molecular weight is 157 g/mol. The van der Waals surface area contributed by atoms with E-state index in [-0.39, 0.29) is 6.10 Å². The summed E-state index contributed by atoms with van der Waals surface area (Å²) in [6, 6.07) is 0. The van der Waals surface area contributed by atoms with Crippen LogP contribution in [0.4, 0.5) is 0 Å². The van der Waals surface area contributed by atoms with E-state index in [0.717, 1.165) is 24.9 Å². The fourth-order valence-electron chi connectivity index (χ4n) is 1.58. The highest BCUT2D eigenvalue weighted by molar-refractivity contribution is 4.84. The molecule has 2 heteroatoms. The normalized spacial score (nSPS) is 32.5. The van der Waals surface area contributed by atoms with Crippen LogP contribution in [0.3, 0.4) is 0 Å². The van der Waals surface area contributed by atoms with Crippen molar-refractivity contribution in [1.82, 2.24) is 4.90 Å². The van der Waals surface area contributed by atoms with Crippen molar-refractivity contribution in [3.05, 3.63) is 0 Å². The van der Waals surface area contributed by atoms with E-state index in [1.165, 1.54) is 6.42 Å². The summed E-state index contributed by atoms with van der Waals surface area (Å²) >= 11 is 0. The van der Waals surface area contributed by atoms with Gasteiger partial charge >= 0.3 is 0 Å². The second-order valence-corrected chi connectivity index (χ2v) is 4.04. The lowest BCUT2D eigenvalue weighted by atomic mass is 10.3. The minimum Gasteiger partial charge on any atom is -0.392 e.